The number of rotatable bonds is 3. The van der Waals surface area contributed by atoms with Crippen LogP contribution in [0.2, 0.25) is 0 Å². The van der Waals surface area contributed by atoms with Crippen molar-refractivity contribution in [2.24, 2.45) is 5.92 Å². The highest BCUT2D eigenvalue weighted by Gasteiger charge is 2.39. The minimum Gasteiger partial charge on any atom is -0.351 e. The quantitative estimate of drug-likeness (QED) is 0.787. The molecule has 1 saturated heterocycles. The number of hydrogen-bond donors (Lipinski definition) is 3. The number of nitrogens with zero attached hydrogens (tertiary/aromatic N) is 3. The summed E-state index contributed by atoms with van der Waals surface area (Å²) >= 11 is 0. The number of benzene rings is 1. The molecule has 0 spiro atoms. The van der Waals surface area contributed by atoms with Crippen LogP contribution in [0.5, 0.6) is 0 Å². The van der Waals surface area contributed by atoms with Gasteiger partial charge >= 0.3 is 0 Å². The number of para-hydroxylation sites is 1. The average molecular weight is 338 g/mol. The topological polar surface area (TPSA) is 74.2 Å². The van der Waals surface area contributed by atoms with Gasteiger partial charge in [0.25, 0.3) is 5.91 Å². The minimum absolute atomic E-state index is 0.00520. The number of hydrazine groups is 1. The van der Waals surface area contributed by atoms with Gasteiger partial charge in [-0.3, -0.25) is 10.1 Å². The summed E-state index contributed by atoms with van der Waals surface area (Å²) in [5, 5.41) is 12.9. The number of carbonyl (C=O) groups is 1. The van der Waals surface area contributed by atoms with E-state index in [0.717, 1.165) is 28.2 Å². The summed E-state index contributed by atoms with van der Waals surface area (Å²) in [6, 6.07) is 10.0. The Kier molecular flexibility index (Phi) is 3.82. The lowest BCUT2D eigenvalue weighted by Gasteiger charge is -2.34. The Bertz CT molecular complexity index is 839. The van der Waals surface area contributed by atoms with Crippen molar-refractivity contribution in [3.8, 4) is 5.69 Å². The standard InChI is InChI=1S/C18H22N6O/c1-11(2)15-16(22-18-19-10-21-24(18)17(15)25)14-9-20-23(12(14)3)13-7-5-4-6-8-13/h4-9,11,18-19,21-22H,10H2,1-3H3. The summed E-state index contributed by atoms with van der Waals surface area (Å²) in [7, 11) is 0. The van der Waals surface area contributed by atoms with Crippen LogP contribution < -0.4 is 16.1 Å². The van der Waals surface area contributed by atoms with Gasteiger partial charge in [-0.05, 0) is 25.0 Å². The van der Waals surface area contributed by atoms with Crippen molar-refractivity contribution in [1.82, 2.24) is 30.8 Å². The van der Waals surface area contributed by atoms with Crippen molar-refractivity contribution in [2.45, 2.75) is 27.1 Å². The molecule has 0 bridgehead atoms. The Balaban J connectivity index is 1.82. The monoisotopic (exact) mass is 338 g/mol. The van der Waals surface area contributed by atoms with Crippen LogP contribution in [0.4, 0.5) is 0 Å². The molecular formula is C18H22N6O. The zero-order valence-corrected chi connectivity index (χ0v) is 14.6. The lowest BCUT2D eigenvalue weighted by atomic mass is 9.95. The average Bonchev–Trinajstić information content (AvgIpc) is 3.21. The number of hydrogen-bond acceptors (Lipinski definition) is 5. The lowest BCUT2D eigenvalue weighted by molar-refractivity contribution is -0.132. The smallest absolute Gasteiger partial charge is 0.269 e. The summed E-state index contributed by atoms with van der Waals surface area (Å²) in [6.07, 6.45) is 1.59. The van der Waals surface area contributed by atoms with Gasteiger partial charge in [0.15, 0.2) is 6.29 Å². The van der Waals surface area contributed by atoms with Gasteiger partial charge in [0.1, 0.15) is 0 Å². The molecular weight excluding hydrogens is 316 g/mol. The van der Waals surface area contributed by atoms with Crippen LogP contribution in [0.3, 0.4) is 0 Å². The maximum atomic E-state index is 12.9. The molecule has 2 aromatic rings. The van der Waals surface area contributed by atoms with E-state index in [2.05, 4.69) is 21.2 Å². The molecule has 1 aromatic carbocycles. The third-order valence-corrected chi connectivity index (χ3v) is 4.66. The highest BCUT2D eigenvalue weighted by molar-refractivity contribution is 6.03. The van der Waals surface area contributed by atoms with Gasteiger partial charge in [0.2, 0.25) is 0 Å². The molecule has 3 N–H and O–H groups in total. The molecule has 7 nitrogen and oxygen atoms in total. The third kappa shape index (κ3) is 2.52. The summed E-state index contributed by atoms with van der Waals surface area (Å²) in [6.45, 7) is 6.66. The summed E-state index contributed by atoms with van der Waals surface area (Å²) in [5.74, 6) is 0.100. The second-order valence-electron chi connectivity index (χ2n) is 6.60. The first-order valence-electron chi connectivity index (χ1n) is 8.49. The van der Waals surface area contributed by atoms with E-state index in [1.54, 1.807) is 5.01 Å². The SMILES string of the molecule is Cc1c(C2=C(C(C)C)C(=O)N3NCNC3N2)cnn1-c1ccccc1. The van der Waals surface area contributed by atoms with Crippen LogP contribution in [-0.4, -0.2) is 33.7 Å². The number of amides is 1. The predicted octanol–water partition coefficient (Wildman–Crippen LogP) is 1.33. The molecule has 25 heavy (non-hydrogen) atoms. The Morgan fingerprint density at radius 1 is 1.24 bits per heavy atom. The third-order valence-electron chi connectivity index (χ3n) is 4.66. The Hall–Kier alpha value is -2.64. The summed E-state index contributed by atoms with van der Waals surface area (Å²) in [4.78, 5) is 12.9. The molecule has 4 rings (SSSR count). The molecule has 3 heterocycles. The lowest BCUT2D eigenvalue weighted by Crippen LogP contribution is -2.56. The summed E-state index contributed by atoms with van der Waals surface area (Å²) in [5.41, 5.74) is 7.65. The predicted molar refractivity (Wildman–Crippen MR) is 95.0 cm³/mol. The van der Waals surface area contributed by atoms with Gasteiger partial charge in [-0.15, -0.1) is 0 Å². The Morgan fingerprint density at radius 2 is 2.00 bits per heavy atom. The first-order chi connectivity index (χ1) is 12.1. The van der Waals surface area contributed by atoms with Crippen molar-refractivity contribution in [2.75, 3.05) is 6.67 Å². The number of nitrogens with one attached hydrogen (secondary N) is 3. The fourth-order valence-corrected chi connectivity index (χ4v) is 3.41. The molecule has 0 aliphatic carbocycles. The van der Waals surface area contributed by atoms with E-state index >= 15 is 0 Å². The first-order valence-corrected chi connectivity index (χ1v) is 8.49. The van der Waals surface area contributed by atoms with Gasteiger partial charge in [0, 0.05) is 11.1 Å². The summed E-state index contributed by atoms with van der Waals surface area (Å²) < 4.78 is 1.90. The van der Waals surface area contributed by atoms with Crippen molar-refractivity contribution < 1.29 is 4.79 Å². The van der Waals surface area contributed by atoms with Crippen LogP contribution >= 0.6 is 0 Å². The van der Waals surface area contributed by atoms with Crippen LogP contribution in [0.25, 0.3) is 11.4 Å². The molecule has 130 valence electrons. The number of aromatic nitrogens is 2. The number of carbonyl (C=O) groups excluding carboxylic acids is 1. The molecule has 1 unspecified atom stereocenters. The molecule has 1 aromatic heterocycles. The molecule has 2 aliphatic heterocycles. The van der Waals surface area contributed by atoms with Crippen LogP contribution in [0.15, 0.2) is 42.1 Å². The zero-order valence-electron chi connectivity index (χ0n) is 14.6. The van der Waals surface area contributed by atoms with Crippen LogP contribution in [0.1, 0.15) is 25.1 Å². The Labute approximate surface area is 146 Å². The minimum atomic E-state index is -0.246. The van der Waals surface area contributed by atoms with E-state index in [4.69, 9.17) is 0 Å². The fraction of sp³-hybridized carbons (Fsp3) is 0.333. The van der Waals surface area contributed by atoms with Crippen LogP contribution in [-0.2, 0) is 4.79 Å². The van der Waals surface area contributed by atoms with E-state index < -0.39 is 0 Å². The highest BCUT2D eigenvalue weighted by atomic mass is 16.2. The molecule has 1 atom stereocenters. The normalized spacial score (nSPS) is 20.2. The van der Waals surface area contributed by atoms with E-state index in [1.165, 1.54) is 0 Å². The van der Waals surface area contributed by atoms with Crippen molar-refractivity contribution in [3.05, 3.63) is 53.4 Å². The second kappa shape index (κ2) is 6.02. The highest BCUT2D eigenvalue weighted by Crippen LogP contribution is 2.30. The number of fused-ring (bicyclic) bond motifs is 1. The maximum Gasteiger partial charge on any atom is 0.269 e. The fourth-order valence-electron chi connectivity index (χ4n) is 3.41. The molecule has 0 saturated carbocycles. The van der Waals surface area contributed by atoms with Gasteiger partial charge in [-0.1, -0.05) is 32.0 Å². The van der Waals surface area contributed by atoms with Gasteiger partial charge in [-0.2, -0.15) is 5.10 Å². The zero-order chi connectivity index (χ0) is 17.6. The van der Waals surface area contributed by atoms with Gasteiger partial charge in [0.05, 0.1) is 29.9 Å². The van der Waals surface area contributed by atoms with Crippen molar-refractivity contribution >= 4 is 11.6 Å². The van der Waals surface area contributed by atoms with E-state index in [1.807, 2.05) is 62.0 Å². The largest absolute Gasteiger partial charge is 0.351 e. The van der Waals surface area contributed by atoms with Crippen molar-refractivity contribution in [3.63, 3.8) is 0 Å². The molecule has 7 heteroatoms. The van der Waals surface area contributed by atoms with Crippen molar-refractivity contribution in [1.29, 1.82) is 0 Å². The van der Waals surface area contributed by atoms with Crippen LogP contribution in [0, 0.1) is 12.8 Å². The maximum absolute atomic E-state index is 12.9. The second-order valence-corrected chi connectivity index (χ2v) is 6.60. The van der Waals surface area contributed by atoms with Gasteiger partial charge < -0.3 is 5.32 Å². The van der Waals surface area contributed by atoms with Gasteiger partial charge in [-0.25, -0.2) is 15.1 Å². The van der Waals surface area contributed by atoms with E-state index in [-0.39, 0.29) is 18.1 Å². The first kappa shape index (κ1) is 15.9. The van der Waals surface area contributed by atoms with E-state index in [9.17, 15) is 4.79 Å². The molecule has 2 aliphatic rings. The van der Waals surface area contributed by atoms with E-state index in [0.29, 0.717) is 6.67 Å². The Morgan fingerprint density at radius 3 is 2.72 bits per heavy atom. The molecule has 1 amide bonds. The molecule has 1 fully saturated rings. The molecule has 0 radical (unpaired) electrons.